The van der Waals surface area contributed by atoms with Gasteiger partial charge in [0.05, 0.1) is 18.1 Å². The third-order valence-electron chi connectivity index (χ3n) is 9.24. The Kier molecular flexibility index (Phi) is 9.31. The van der Waals surface area contributed by atoms with Crippen LogP contribution in [0.4, 0.5) is 0 Å². The summed E-state index contributed by atoms with van der Waals surface area (Å²) in [5, 5.41) is 19.4. The van der Waals surface area contributed by atoms with Crippen LogP contribution in [0.3, 0.4) is 0 Å². The van der Waals surface area contributed by atoms with Gasteiger partial charge in [0.15, 0.2) is 11.5 Å². The first-order valence-corrected chi connectivity index (χ1v) is 16.1. The van der Waals surface area contributed by atoms with Crippen molar-refractivity contribution in [2.45, 2.75) is 90.2 Å². The minimum Gasteiger partial charge on any atom is -0.504 e. The first-order chi connectivity index (χ1) is 19.9. The predicted molar refractivity (Wildman–Crippen MR) is 168 cm³/mol. The van der Waals surface area contributed by atoms with Crippen molar-refractivity contribution in [3.8, 4) is 11.5 Å². The first-order valence-electron chi connectivity index (χ1n) is 15.3. The second kappa shape index (κ2) is 12.6. The van der Waals surface area contributed by atoms with Crippen molar-refractivity contribution in [1.29, 1.82) is 0 Å². The van der Waals surface area contributed by atoms with E-state index in [-0.39, 0.29) is 28.8 Å². The van der Waals surface area contributed by atoms with Crippen molar-refractivity contribution in [2.75, 3.05) is 27.3 Å². The van der Waals surface area contributed by atoms with E-state index in [0.29, 0.717) is 11.8 Å². The van der Waals surface area contributed by atoms with Gasteiger partial charge in [-0.25, -0.2) is 0 Å². The van der Waals surface area contributed by atoms with Crippen molar-refractivity contribution >= 4 is 21.4 Å². The Balaban J connectivity index is 0.000000202. The maximum Gasteiger partial charge on any atom is 0.165 e. The second-order valence-corrected chi connectivity index (χ2v) is 13.6. The number of fused-ring (bicyclic) bond motifs is 1. The van der Waals surface area contributed by atoms with E-state index in [1.54, 1.807) is 31.6 Å². The molecule has 3 unspecified atom stereocenters. The number of thiophene rings is 1. The fourth-order valence-electron chi connectivity index (χ4n) is 7.25. The molecule has 2 aromatic carbocycles. The molecule has 3 aromatic rings. The van der Waals surface area contributed by atoms with Gasteiger partial charge >= 0.3 is 0 Å². The number of hydrogen-bond donors (Lipinski definition) is 3. The topological polar surface area (TPSA) is 72.0 Å². The third-order valence-corrected chi connectivity index (χ3v) is 10.3. The molecule has 7 heteroatoms. The van der Waals surface area contributed by atoms with Crippen LogP contribution in [0.2, 0.25) is 0 Å². The average Bonchev–Trinajstić information content (AvgIpc) is 3.60. The highest BCUT2D eigenvalue weighted by molar-refractivity contribution is 7.19. The summed E-state index contributed by atoms with van der Waals surface area (Å²) in [7, 11) is 3.53. The smallest absolute Gasteiger partial charge is 0.165 e. The SMILES string of the molecule is CC.COC1[C@@H]2Oc3c(O)ccc4c3C2(CCNCC2CC2)C(CC1(C)C)NC4.COCc1cc2ccccc2s1. The Bertz CT molecular complexity index is 1290. The molecule has 3 heterocycles. The van der Waals surface area contributed by atoms with Crippen molar-refractivity contribution < 1.29 is 19.3 Å². The molecule has 0 spiro atoms. The zero-order valence-electron chi connectivity index (χ0n) is 25.6. The van der Waals surface area contributed by atoms with Crippen LogP contribution in [-0.4, -0.2) is 50.7 Å². The van der Waals surface area contributed by atoms with Gasteiger partial charge < -0.3 is 30.0 Å². The number of methoxy groups -OCH3 is 2. The van der Waals surface area contributed by atoms with Crippen LogP contribution >= 0.6 is 11.3 Å². The molecule has 0 amide bonds. The summed E-state index contributed by atoms with van der Waals surface area (Å²) < 4.78 is 19.0. The average molecular weight is 581 g/mol. The van der Waals surface area contributed by atoms with E-state index in [0.717, 1.165) is 45.0 Å². The van der Waals surface area contributed by atoms with Gasteiger partial charge in [-0.2, -0.15) is 0 Å². The standard InChI is InChI=1S/C22H32N2O3.C10H10OS.C2H6/c1-21(2)10-16-22(8-9-23-11-13-4-5-13)17-14(12-24-16)6-7-15(25)18(17)27-20(22)19(21)26-3;1-11-7-9-6-8-4-2-3-5-10(8)12-9;1-2/h6-7,13,16,19-20,23-25H,4-5,8-12H2,1-3H3;2-6H,7H2,1H3;1-2H3/t16?,19?,20-,22?;;/m0../s1. The summed E-state index contributed by atoms with van der Waals surface area (Å²) in [6, 6.07) is 14.8. The summed E-state index contributed by atoms with van der Waals surface area (Å²) in [6.07, 6.45) is 4.71. The summed E-state index contributed by atoms with van der Waals surface area (Å²) in [5.74, 6) is 1.84. The second-order valence-electron chi connectivity index (χ2n) is 12.4. The molecule has 0 radical (unpaired) electrons. The summed E-state index contributed by atoms with van der Waals surface area (Å²) in [6.45, 7) is 12.2. The lowest BCUT2D eigenvalue weighted by Gasteiger charge is -2.56. The van der Waals surface area contributed by atoms with Gasteiger partial charge in [-0.05, 0) is 79.3 Å². The molecule has 2 aliphatic carbocycles. The maximum absolute atomic E-state index is 10.6. The van der Waals surface area contributed by atoms with Crippen LogP contribution in [0.5, 0.6) is 11.5 Å². The van der Waals surface area contributed by atoms with Crippen molar-refractivity contribution in [2.24, 2.45) is 11.3 Å². The van der Waals surface area contributed by atoms with Gasteiger partial charge in [-0.15, -0.1) is 11.3 Å². The largest absolute Gasteiger partial charge is 0.504 e. The molecule has 4 aliphatic rings. The fraction of sp³-hybridized carbons (Fsp3) is 0.588. The fourth-order valence-corrected chi connectivity index (χ4v) is 8.28. The van der Waals surface area contributed by atoms with E-state index in [9.17, 15) is 5.11 Å². The Labute approximate surface area is 249 Å². The first kappa shape index (κ1) is 30.3. The van der Waals surface area contributed by atoms with E-state index >= 15 is 0 Å². The number of ether oxygens (including phenoxy) is 3. The normalized spacial score (nSPS) is 26.7. The third kappa shape index (κ3) is 5.76. The molecule has 6 nitrogen and oxygen atoms in total. The van der Waals surface area contributed by atoms with Crippen LogP contribution in [-0.2, 0) is 28.0 Å². The molecule has 0 bridgehead atoms. The van der Waals surface area contributed by atoms with E-state index in [1.807, 2.05) is 13.8 Å². The molecule has 224 valence electrons. The highest BCUT2D eigenvalue weighted by atomic mass is 32.1. The van der Waals surface area contributed by atoms with Gasteiger partial charge in [0, 0.05) is 41.9 Å². The predicted octanol–water partition coefficient (Wildman–Crippen LogP) is 6.77. The van der Waals surface area contributed by atoms with Gasteiger partial charge in [0.1, 0.15) is 6.10 Å². The van der Waals surface area contributed by atoms with Crippen molar-refractivity contribution in [1.82, 2.24) is 10.6 Å². The Morgan fingerprint density at radius 1 is 1.12 bits per heavy atom. The highest BCUT2D eigenvalue weighted by Crippen LogP contribution is 2.61. The van der Waals surface area contributed by atoms with Gasteiger partial charge in [0.2, 0.25) is 0 Å². The summed E-state index contributed by atoms with van der Waals surface area (Å²) in [5.41, 5.74) is 2.37. The monoisotopic (exact) mass is 580 g/mol. The van der Waals surface area contributed by atoms with Gasteiger partial charge in [0.25, 0.3) is 0 Å². The lowest BCUT2D eigenvalue weighted by atomic mass is 9.54. The van der Waals surface area contributed by atoms with Gasteiger partial charge in [-0.1, -0.05) is 52.0 Å². The summed E-state index contributed by atoms with van der Waals surface area (Å²) >= 11 is 1.80. The molecule has 1 aromatic heterocycles. The Morgan fingerprint density at radius 2 is 1.90 bits per heavy atom. The van der Waals surface area contributed by atoms with E-state index in [4.69, 9.17) is 14.2 Å². The zero-order chi connectivity index (χ0) is 29.2. The zero-order valence-corrected chi connectivity index (χ0v) is 26.4. The molecular formula is C34H48N2O4S. The minimum absolute atomic E-state index is 0.00303. The molecule has 3 N–H and O–H groups in total. The van der Waals surface area contributed by atoms with E-state index < -0.39 is 0 Å². The van der Waals surface area contributed by atoms with Crippen LogP contribution in [0.25, 0.3) is 10.1 Å². The van der Waals surface area contributed by atoms with Crippen molar-refractivity contribution in [3.63, 3.8) is 0 Å². The summed E-state index contributed by atoms with van der Waals surface area (Å²) in [4.78, 5) is 1.29. The number of benzene rings is 2. The maximum atomic E-state index is 10.6. The van der Waals surface area contributed by atoms with E-state index in [2.05, 4.69) is 60.9 Å². The van der Waals surface area contributed by atoms with E-state index in [1.165, 1.54) is 38.9 Å². The number of aromatic hydroxyl groups is 1. The molecule has 7 rings (SSSR count). The molecule has 0 saturated heterocycles. The molecular weight excluding hydrogens is 532 g/mol. The number of phenolic OH excluding ortho intramolecular Hbond substituents is 1. The molecule has 4 atom stereocenters. The number of nitrogens with one attached hydrogen (secondary N) is 2. The molecule has 2 saturated carbocycles. The van der Waals surface area contributed by atoms with Crippen LogP contribution in [0.1, 0.15) is 69.4 Å². The quantitative estimate of drug-likeness (QED) is 0.256. The highest BCUT2D eigenvalue weighted by Gasteiger charge is 2.65. The number of phenols is 1. The molecule has 41 heavy (non-hydrogen) atoms. The van der Waals surface area contributed by atoms with Crippen molar-refractivity contribution in [3.05, 3.63) is 58.5 Å². The number of hydrogen-bond acceptors (Lipinski definition) is 7. The van der Waals surface area contributed by atoms with Crippen LogP contribution in [0, 0.1) is 11.3 Å². The minimum atomic E-state index is -0.144. The Morgan fingerprint density at radius 3 is 2.61 bits per heavy atom. The van der Waals surface area contributed by atoms with Crippen LogP contribution in [0.15, 0.2) is 42.5 Å². The lowest BCUT2D eigenvalue weighted by molar-refractivity contribution is -0.130. The Hall–Kier alpha value is -2.16. The molecule has 2 fully saturated rings. The molecule has 2 aliphatic heterocycles. The van der Waals surface area contributed by atoms with Gasteiger partial charge in [-0.3, -0.25) is 0 Å². The number of rotatable bonds is 8. The van der Waals surface area contributed by atoms with Crippen LogP contribution < -0.4 is 15.4 Å². The lowest BCUT2D eigenvalue weighted by Crippen LogP contribution is -2.68.